The maximum Gasteiger partial charge on any atom is -0.00235 e. The SMILES string of the molecule is [Ru+]=[CH]c1ccccc1.[c-]1ncc[nH]1. The summed E-state index contributed by atoms with van der Waals surface area (Å²) < 4.78 is 2.01. The molecule has 2 nitrogen and oxygen atoms in total. The Hall–Kier alpha value is -1.08. The first-order valence-corrected chi connectivity index (χ1v) is 4.76. The molecular formula is C10H9N2Ru. The van der Waals surface area contributed by atoms with Gasteiger partial charge in [-0.1, -0.05) is 0 Å². The minimum atomic E-state index is 1.25. The van der Waals surface area contributed by atoms with Gasteiger partial charge < -0.3 is 9.97 Å². The first-order chi connectivity index (χ1) is 6.43. The van der Waals surface area contributed by atoms with Crippen molar-refractivity contribution in [2.24, 2.45) is 0 Å². The topological polar surface area (TPSA) is 28.7 Å². The number of aromatic amines is 1. The second kappa shape index (κ2) is 6.44. The van der Waals surface area contributed by atoms with Crippen LogP contribution in [-0.2, 0) is 17.9 Å². The van der Waals surface area contributed by atoms with Crippen LogP contribution in [0.4, 0.5) is 0 Å². The zero-order valence-corrected chi connectivity index (χ0v) is 8.66. The summed E-state index contributed by atoms with van der Waals surface area (Å²) in [5.74, 6) is 0. The predicted molar refractivity (Wildman–Crippen MR) is 49.0 cm³/mol. The van der Waals surface area contributed by atoms with E-state index in [1.165, 1.54) is 5.56 Å². The molecule has 0 saturated heterocycles. The van der Waals surface area contributed by atoms with Crippen molar-refractivity contribution in [2.45, 2.75) is 0 Å². The molecule has 13 heavy (non-hydrogen) atoms. The number of rotatable bonds is 1. The van der Waals surface area contributed by atoms with Gasteiger partial charge in [-0.05, 0) is 6.33 Å². The third-order valence-electron chi connectivity index (χ3n) is 1.28. The van der Waals surface area contributed by atoms with Crippen LogP contribution in [0.5, 0.6) is 0 Å². The van der Waals surface area contributed by atoms with Crippen molar-refractivity contribution in [3.05, 3.63) is 54.6 Å². The third kappa shape index (κ3) is 4.49. The Bertz CT molecular complexity index is 299. The minimum Gasteiger partial charge on any atom is -0.467 e. The van der Waals surface area contributed by atoms with E-state index < -0.39 is 0 Å². The second-order valence-corrected chi connectivity index (χ2v) is 2.72. The van der Waals surface area contributed by atoms with E-state index in [9.17, 15) is 0 Å². The van der Waals surface area contributed by atoms with E-state index in [0.717, 1.165) is 0 Å². The molecule has 0 unspecified atom stereocenters. The molecular weight excluding hydrogens is 249 g/mol. The van der Waals surface area contributed by atoms with E-state index in [2.05, 4.69) is 46.3 Å². The average Bonchev–Trinajstić information content (AvgIpc) is 2.77. The molecule has 0 fully saturated rings. The molecule has 0 bridgehead atoms. The predicted octanol–water partition coefficient (Wildman–Crippen LogP) is 1.59. The molecule has 0 radical (unpaired) electrons. The van der Waals surface area contributed by atoms with Crippen molar-refractivity contribution in [3.63, 3.8) is 0 Å². The van der Waals surface area contributed by atoms with E-state index in [1.807, 2.05) is 22.8 Å². The summed E-state index contributed by atoms with van der Waals surface area (Å²) in [6.45, 7) is 0. The Morgan fingerprint density at radius 1 is 1.31 bits per heavy atom. The largest absolute Gasteiger partial charge is 0.467 e. The van der Waals surface area contributed by atoms with Gasteiger partial charge in [0.25, 0.3) is 0 Å². The van der Waals surface area contributed by atoms with Crippen molar-refractivity contribution in [2.75, 3.05) is 0 Å². The summed E-state index contributed by atoms with van der Waals surface area (Å²) in [5.41, 5.74) is 1.25. The van der Waals surface area contributed by atoms with Gasteiger partial charge in [-0.3, -0.25) is 0 Å². The molecule has 1 N–H and O–H groups in total. The summed E-state index contributed by atoms with van der Waals surface area (Å²) >= 11 is 2.48. The van der Waals surface area contributed by atoms with Crippen molar-refractivity contribution >= 4 is 4.61 Å². The molecule has 3 heteroatoms. The third-order valence-corrected chi connectivity index (χ3v) is 1.86. The van der Waals surface area contributed by atoms with Gasteiger partial charge in [0.1, 0.15) is 0 Å². The quantitative estimate of drug-likeness (QED) is 0.611. The van der Waals surface area contributed by atoms with Gasteiger partial charge in [0.05, 0.1) is 0 Å². The zero-order valence-electron chi connectivity index (χ0n) is 6.92. The molecule has 0 saturated carbocycles. The number of benzene rings is 1. The molecule has 1 aromatic carbocycles. The van der Waals surface area contributed by atoms with Gasteiger partial charge in [0.2, 0.25) is 0 Å². The molecule has 0 atom stereocenters. The number of H-pyrrole nitrogens is 1. The van der Waals surface area contributed by atoms with Crippen LogP contribution < -0.4 is 0 Å². The fourth-order valence-corrected chi connectivity index (χ4v) is 1.04. The number of nitrogens with one attached hydrogen (secondary N) is 1. The Labute approximate surface area is 87.2 Å². The van der Waals surface area contributed by atoms with E-state index in [4.69, 9.17) is 0 Å². The normalized spacial score (nSPS) is 8.31. The van der Waals surface area contributed by atoms with Gasteiger partial charge >= 0.3 is 58.4 Å². The molecule has 0 aliphatic carbocycles. The molecule has 0 amide bonds. The Kier molecular flexibility index (Phi) is 4.96. The number of hydrogen-bond donors (Lipinski definition) is 1. The number of nitrogens with zero attached hydrogens (tertiary/aromatic N) is 1. The Morgan fingerprint density at radius 3 is 2.38 bits per heavy atom. The molecule has 0 aliphatic heterocycles. The molecule has 67 valence electrons. The van der Waals surface area contributed by atoms with Gasteiger partial charge in [-0.25, -0.2) is 0 Å². The number of imidazole rings is 1. The van der Waals surface area contributed by atoms with Crippen LogP contribution in [0.1, 0.15) is 5.56 Å². The number of hydrogen-bond acceptors (Lipinski definition) is 1. The van der Waals surface area contributed by atoms with Crippen LogP contribution in [0.25, 0.3) is 0 Å². The average molecular weight is 258 g/mol. The first-order valence-electron chi connectivity index (χ1n) is 3.76. The summed E-state index contributed by atoms with van der Waals surface area (Å²) in [7, 11) is 0. The number of aromatic nitrogens is 2. The minimum absolute atomic E-state index is 1.25. The smallest absolute Gasteiger partial charge is 0.00235 e. The molecule has 0 spiro atoms. The monoisotopic (exact) mass is 259 g/mol. The fraction of sp³-hybridized carbons (Fsp3) is 0. The zero-order chi connectivity index (χ0) is 9.36. The van der Waals surface area contributed by atoms with Crippen molar-refractivity contribution in [3.8, 4) is 0 Å². The Balaban J connectivity index is 0.000000145. The van der Waals surface area contributed by atoms with Crippen LogP contribution in [-0.4, -0.2) is 14.6 Å². The maximum atomic E-state index is 3.54. The molecule has 1 aromatic heterocycles. The van der Waals surface area contributed by atoms with E-state index in [0.29, 0.717) is 0 Å². The van der Waals surface area contributed by atoms with Gasteiger partial charge in [0, 0.05) is 0 Å². The van der Waals surface area contributed by atoms with Gasteiger partial charge in [-0.15, -0.1) is 12.4 Å². The van der Waals surface area contributed by atoms with Crippen LogP contribution >= 0.6 is 0 Å². The summed E-state index contributed by atoms with van der Waals surface area (Å²) in [4.78, 5) is 6.17. The van der Waals surface area contributed by atoms with Crippen LogP contribution in [0.3, 0.4) is 0 Å². The van der Waals surface area contributed by atoms with Crippen molar-refractivity contribution < 1.29 is 17.9 Å². The molecule has 1 heterocycles. The van der Waals surface area contributed by atoms with Crippen molar-refractivity contribution in [1.29, 1.82) is 0 Å². The van der Waals surface area contributed by atoms with E-state index in [-0.39, 0.29) is 0 Å². The van der Waals surface area contributed by atoms with E-state index in [1.54, 1.807) is 12.4 Å². The van der Waals surface area contributed by atoms with Crippen LogP contribution in [0, 0.1) is 6.33 Å². The second-order valence-electron chi connectivity index (χ2n) is 2.21. The Morgan fingerprint density at radius 2 is 2.08 bits per heavy atom. The maximum absolute atomic E-state index is 3.54. The molecule has 2 rings (SSSR count). The van der Waals surface area contributed by atoms with Crippen LogP contribution in [0.2, 0.25) is 0 Å². The summed E-state index contributed by atoms with van der Waals surface area (Å²) in [6, 6.07) is 10.2. The summed E-state index contributed by atoms with van der Waals surface area (Å²) in [6.07, 6.45) is 5.83. The van der Waals surface area contributed by atoms with Crippen molar-refractivity contribution in [1.82, 2.24) is 9.97 Å². The van der Waals surface area contributed by atoms with Gasteiger partial charge in [0.15, 0.2) is 0 Å². The summed E-state index contributed by atoms with van der Waals surface area (Å²) in [5, 5.41) is 0. The molecule has 0 aliphatic rings. The van der Waals surface area contributed by atoms with Gasteiger partial charge in [-0.2, -0.15) is 0 Å². The fourth-order valence-electron chi connectivity index (χ4n) is 0.707. The first kappa shape index (κ1) is 10.0. The van der Waals surface area contributed by atoms with Crippen LogP contribution in [0.15, 0.2) is 42.7 Å². The standard InChI is InChI=1S/C7H6.C3H3N2.Ru/c1-7-5-3-2-4-6-7;1-2-5-3-4-1;/h1-6H;1-2H,(H,4,5);/q;-1;+1. The molecule has 2 aromatic rings. The van der Waals surface area contributed by atoms with E-state index >= 15 is 0 Å².